The maximum absolute atomic E-state index is 12.5. The van der Waals surface area contributed by atoms with Crippen molar-refractivity contribution in [1.82, 2.24) is 15.5 Å². The molecule has 1 heterocycles. The predicted octanol–water partition coefficient (Wildman–Crippen LogP) is 1.63. The molecule has 1 unspecified atom stereocenters. The Morgan fingerprint density at radius 3 is 2.66 bits per heavy atom. The number of hydrogen-bond acceptors (Lipinski definition) is 6. The molecule has 1 aromatic rings. The van der Waals surface area contributed by atoms with Crippen molar-refractivity contribution in [3.63, 3.8) is 0 Å². The van der Waals surface area contributed by atoms with Gasteiger partial charge in [-0.2, -0.15) is 0 Å². The van der Waals surface area contributed by atoms with Gasteiger partial charge in [-0.3, -0.25) is 19.7 Å². The molecule has 0 aromatic heterocycles. The lowest BCUT2D eigenvalue weighted by Crippen LogP contribution is -2.60. The molecule has 0 radical (unpaired) electrons. The topological polar surface area (TPSA) is 97.0 Å². The number of amides is 2. The minimum Gasteiger partial charge on any atom is -0.497 e. The smallest absolute Gasteiger partial charge is 0.308 e. The summed E-state index contributed by atoms with van der Waals surface area (Å²) in [5, 5.41) is 5.46. The molecule has 0 aliphatic carbocycles. The third-order valence-corrected chi connectivity index (χ3v) is 4.87. The van der Waals surface area contributed by atoms with Crippen LogP contribution in [0.1, 0.15) is 43.0 Å². The summed E-state index contributed by atoms with van der Waals surface area (Å²) in [6.07, 6.45) is 2.67. The number of nitrogens with zero attached hydrogens (tertiary/aromatic N) is 1. The molecular formula is C20H27N3O5S. The predicted molar refractivity (Wildman–Crippen MR) is 112 cm³/mol. The summed E-state index contributed by atoms with van der Waals surface area (Å²) >= 11 is 5.34. The number of ether oxygens (including phenoxy) is 2. The second-order valence-electron chi connectivity index (χ2n) is 6.62. The van der Waals surface area contributed by atoms with E-state index in [4.69, 9.17) is 21.7 Å². The SMILES string of the molecule is CCCCCOC(=O)CC1C(=O)NCCN1C(=S)NC(=O)c1ccc(OC)cc1. The number of methoxy groups -OCH3 is 1. The zero-order valence-electron chi connectivity index (χ0n) is 16.7. The summed E-state index contributed by atoms with van der Waals surface area (Å²) in [7, 11) is 1.54. The van der Waals surface area contributed by atoms with E-state index in [2.05, 4.69) is 17.6 Å². The lowest BCUT2D eigenvalue weighted by Gasteiger charge is -2.36. The summed E-state index contributed by atoms with van der Waals surface area (Å²) in [6, 6.07) is 5.76. The van der Waals surface area contributed by atoms with Crippen LogP contribution in [0.3, 0.4) is 0 Å². The number of piperazine rings is 1. The summed E-state index contributed by atoms with van der Waals surface area (Å²) in [5.74, 6) is -0.542. The van der Waals surface area contributed by atoms with Crippen molar-refractivity contribution in [2.75, 3.05) is 26.8 Å². The molecule has 158 valence electrons. The van der Waals surface area contributed by atoms with Crippen LogP contribution in [0.4, 0.5) is 0 Å². The van der Waals surface area contributed by atoms with E-state index >= 15 is 0 Å². The van der Waals surface area contributed by atoms with Crippen molar-refractivity contribution in [2.45, 2.75) is 38.6 Å². The zero-order chi connectivity index (χ0) is 21.2. The molecule has 0 bridgehead atoms. The second kappa shape index (κ2) is 11.4. The Morgan fingerprint density at radius 2 is 2.00 bits per heavy atom. The van der Waals surface area contributed by atoms with Crippen LogP contribution in [0.25, 0.3) is 0 Å². The number of unbranched alkanes of at least 4 members (excludes halogenated alkanes) is 2. The molecule has 2 N–H and O–H groups in total. The highest BCUT2D eigenvalue weighted by atomic mass is 32.1. The number of benzene rings is 1. The van der Waals surface area contributed by atoms with Crippen LogP contribution in [0, 0.1) is 0 Å². The zero-order valence-corrected chi connectivity index (χ0v) is 17.5. The summed E-state index contributed by atoms with van der Waals surface area (Å²) in [5.41, 5.74) is 0.404. The highest BCUT2D eigenvalue weighted by Gasteiger charge is 2.34. The van der Waals surface area contributed by atoms with E-state index in [1.807, 2.05) is 0 Å². The first-order chi connectivity index (χ1) is 14.0. The van der Waals surface area contributed by atoms with Crippen LogP contribution in [-0.4, -0.2) is 60.6 Å². The molecule has 1 aliphatic heterocycles. The first-order valence-electron chi connectivity index (χ1n) is 9.65. The van der Waals surface area contributed by atoms with Gasteiger partial charge in [-0.25, -0.2) is 0 Å². The third kappa shape index (κ3) is 6.70. The van der Waals surface area contributed by atoms with Gasteiger partial charge >= 0.3 is 5.97 Å². The second-order valence-corrected chi connectivity index (χ2v) is 7.01. The molecule has 1 atom stereocenters. The number of nitrogens with one attached hydrogen (secondary N) is 2. The number of thiocarbonyl (C=S) groups is 1. The molecule has 9 heteroatoms. The molecule has 29 heavy (non-hydrogen) atoms. The molecule has 1 aliphatic rings. The number of hydrogen-bond donors (Lipinski definition) is 2. The van der Waals surface area contributed by atoms with Crippen LogP contribution >= 0.6 is 12.2 Å². The van der Waals surface area contributed by atoms with E-state index in [0.717, 1.165) is 19.3 Å². The standard InChI is InChI=1S/C20H27N3O5S/c1-3-4-5-12-28-17(24)13-16-19(26)21-10-11-23(16)20(29)22-18(25)14-6-8-15(27-2)9-7-14/h6-9,16H,3-5,10-13H2,1-2H3,(H,21,26)(H,22,25,29). The Hall–Kier alpha value is -2.68. The highest BCUT2D eigenvalue weighted by molar-refractivity contribution is 7.80. The number of carbonyl (C=O) groups excluding carboxylic acids is 3. The average Bonchev–Trinajstić information content (AvgIpc) is 2.72. The van der Waals surface area contributed by atoms with Crippen molar-refractivity contribution in [3.05, 3.63) is 29.8 Å². The van der Waals surface area contributed by atoms with Gasteiger partial charge in [0.15, 0.2) is 5.11 Å². The van der Waals surface area contributed by atoms with Crippen molar-refractivity contribution >= 4 is 35.1 Å². The summed E-state index contributed by atoms with van der Waals surface area (Å²) in [4.78, 5) is 38.4. The molecule has 1 aromatic carbocycles. The largest absolute Gasteiger partial charge is 0.497 e. The Balaban J connectivity index is 1.97. The monoisotopic (exact) mass is 421 g/mol. The first kappa shape index (κ1) is 22.6. The van der Waals surface area contributed by atoms with E-state index in [9.17, 15) is 14.4 Å². The maximum Gasteiger partial charge on any atom is 0.308 e. The van der Waals surface area contributed by atoms with E-state index in [-0.39, 0.29) is 17.4 Å². The Labute approximate surface area is 175 Å². The maximum atomic E-state index is 12.5. The third-order valence-electron chi connectivity index (χ3n) is 4.54. The molecule has 1 saturated heterocycles. The Bertz CT molecular complexity index is 738. The number of esters is 1. The fourth-order valence-electron chi connectivity index (χ4n) is 2.90. The van der Waals surface area contributed by atoms with Gasteiger partial charge in [-0.1, -0.05) is 19.8 Å². The Morgan fingerprint density at radius 1 is 1.28 bits per heavy atom. The van der Waals surface area contributed by atoms with Crippen LogP contribution < -0.4 is 15.4 Å². The van der Waals surface area contributed by atoms with Gasteiger partial charge in [0.25, 0.3) is 5.91 Å². The first-order valence-corrected chi connectivity index (χ1v) is 10.1. The van der Waals surface area contributed by atoms with E-state index in [0.29, 0.717) is 31.0 Å². The van der Waals surface area contributed by atoms with Crippen LogP contribution in [-0.2, 0) is 14.3 Å². The molecule has 0 spiro atoms. The van der Waals surface area contributed by atoms with Gasteiger partial charge in [0, 0.05) is 18.7 Å². The van der Waals surface area contributed by atoms with Gasteiger partial charge < -0.3 is 19.7 Å². The lowest BCUT2D eigenvalue weighted by molar-refractivity contribution is -0.147. The van der Waals surface area contributed by atoms with Crippen molar-refractivity contribution in [2.24, 2.45) is 0 Å². The van der Waals surface area contributed by atoms with Crippen LogP contribution in [0.2, 0.25) is 0 Å². The van der Waals surface area contributed by atoms with Crippen LogP contribution in [0.5, 0.6) is 5.75 Å². The van der Waals surface area contributed by atoms with Crippen molar-refractivity contribution in [1.29, 1.82) is 0 Å². The molecule has 8 nitrogen and oxygen atoms in total. The number of carbonyl (C=O) groups is 3. The minimum absolute atomic E-state index is 0.101. The van der Waals surface area contributed by atoms with Gasteiger partial charge in [-0.05, 0) is 42.9 Å². The summed E-state index contributed by atoms with van der Waals surface area (Å²) in [6.45, 7) is 3.16. The van der Waals surface area contributed by atoms with Gasteiger partial charge in [-0.15, -0.1) is 0 Å². The average molecular weight is 422 g/mol. The molecule has 0 saturated carbocycles. The fraction of sp³-hybridized carbons (Fsp3) is 0.500. The van der Waals surface area contributed by atoms with Crippen molar-refractivity contribution < 1.29 is 23.9 Å². The molecule has 2 amide bonds. The van der Waals surface area contributed by atoms with E-state index in [1.165, 1.54) is 0 Å². The van der Waals surface area contributed by atoms with Crippen molar-refractivity contribution in [3.8, 4) is 5.75 Å². The molecule has 1 fully saturated rings. The fourth-order valence-corrected chi connectivity index (χ4v) is 3.21. The van der Waals surface area contributed by atoms with E-state index in [1.54, 1.807) is 36.3 Å². The lowest BCUT2D eigenvalue weighted by atomic mass is 10.1. The Kier molecular flexibility index (Phi) is 8.85. The number of rotatable bonds is 8. The molecule has 2 rings (SSSR count). The highest BCUT2D eigenvalue weighted by Crippen LogP contribution is 2.13. The normalized spacial score (nSPS) is 16.0. The molecular weight excluding hydrogens is 394 g/mol. The quantitative estimate of drug-likeness (QED) is 0.374. The van der Waals surface area contributed by atoms with E-state index < -0.39 is 17.9 Å². The van der Waals surface area contributed by atoms with Gasteiger partial charge in [0.2, 0.25) is 5.91 Å². The minimum atomic E-state index is -0.814. The van der Waals surface area contributed by atoms with Gasteiger partial charge in [0.1, 0.15) is 11.8 Å². The summed E-state index contributed by atoms with van der Waals surface area (Å²) < 4.78 is 10.3. The van der Waals surface area contributed by atoms with Gasteiger partial charge in [0.05, 0.1) is 20.1 Å². The van der Waals surface area contributed by atoms with Crippen LogP contribution in [0.15, 0.2) is 24.3 Å².